The molecule has 21 heavy (non-hydrogen) atoms. The molecule has 0 saturated heterocycles. The molecule has 4 heteroatoms. The number of carbonyl (C=O) groups excluding carboxylic acids is 2. The molecule has 0 atom stereocenters. The predicted molar refractivity (Wildman–Crippen MR) is 78.8 cm³/mol. The lowest BCUT2D eigenvalue weighted by Gasteiger charge is -2.08. The van der Waals surface area contributed by atoms with Gasteiger partial charge < -0.3 is 4.74 Å². The molecule has 0 radical (unpaired) electrons. The number of rotatable bonds is 3. The lowest BCUT2D eigenvalue weighted by atomic mass is 9.94. The maximum atomic E-state index is 11.9. The van der Waals surface area contributed by atoms with Gasteiger partial charge in [-0.1, -0.05) is 23.8 Å². The summed E-state index contributed by atoms with van der Waals surface area (Å²) in [5.74, 6) is 0.175. The van der Waals surface area contributed by atoms with E-state index in [1.165, 1.54) is 0 Å². The van der Waals surface area contributed by atoms with Crippen LogP contribution in [0.1, 0.15) is 37.4 Å². The lowest BCUT2D eigenvalue weighted by molar-refractivity contribution is 0.0879. The second-order valence-electron chi connectivity index (χ2n) is 5.15. The van der Waals surface area contributed by atoms with Gasteiger partial charge in [-0.25, -0.2) is 0 Å². The molecule has 0 aliphatic carbocycles. The number of ether oxygens (including phenoxy) is 1. The quantitative estimate of drug-likeness (QED) is 0.879. The summed E-state index contributed by atoms with van der Waals surface area (Å²) in [6.07, 6.45) is 0.606. The second-order valence-corrected chi connectivity index (χ2v) is 5.15. The van der Waals surface area contributed by atoms with Crippen LogP contribution in [0, 0.1) is 6.92 Å². The van der Waals surface area contributed by atoms with Crippen molar-refractivity contribution >= 4 is 11.8 Å². The van der Waals surface area contributed by atoms with Crippen LogP contribution < -0.4 is 10.1 Å². The zero-order valence-electron chi connectivity index (χ0n) is 11.9. The van der Waals surface area contributed by atoms with Crippen molar-refractivity contribution in [2.75, 3.05) is 7.11 Å². The van der Waals surface area contributed by atoms with Crippen LogP contribution in [0.2, 0.25) is 0 Å². The summed E-state index contributed by atoms with van der Waals surface area (Å²) in [5.41, 5.74) is 3.89. The van der Waals surface area contributed by atoms with Crippen LogP contribution in [0.5, 0.6) is 5.75 Å². The van der Waals surface area contributed by atoms with E-state index in [0.717, 1.165) is 22.4 Å². The fourth-order valence-corrected chi connectivity index (χ4v) is 2.64. The Hall–Kier alpha value is -2.62. The third kappa shape index (κ3) is 2.40. The van der Waals surface area contributed by atoms with Gasteiger partial charge in [0.15, 0.2) is 0 Å². The van der Waals surface area contributed by atoms with Crippen LogP contribution in [0.3, 0.4) is 0 Å². The molecule has 0 bridgehead atoms. The summed E-state index contributed by atoms with van der Waals surface area (Å²) in [6, 6.07) is 11.4. The first-order chi connectivity index (χ1) is 10.1. The Kier molecular flexibility index (Phi) is 3.22. The summed E-state index contributed by atoms with van der Waals surface area (Å²) >= 11 is 0. The number of nitrogens with one attached hydrogen (secondary N) is 1. The van der Waals surface area contributed by atoms with Gasteiger partial charge in [-0.05, 0) is 42.7 Å². The average Bonchev–Trinajstić information content (AvgIpc) is 2.74. The van der Waals surface area contributed by atoms with Gasteiger partial charge in [-0.2, -0.15) is 0 Å². The predicted octanol–water partition coefficient (Wildman–Crippen LogP) is 2.48. The fourth-order valence-electron chi connectivity index (χ4n) is 2.64. The first kappa shape index (κ1) is 13.4. The SMILES string of the molecule is COc1ccc(Cc2cc(C)cc3c2C(=O)NC3=O)cc1. The van der Waals surface area contributed by atoms with E-state index in [2.05, 4.69) is 5.32 Å². The molecule has 0 aromatic heterocycles. The molecule has 1 aliphatic rings. The Balaban J connectivity index is 2.01. The highest BCUT2D eigenvalue weighted by Crippen LogP contribution is 2.25. The van der Waals surface area contributed by atoms with Crippen molar-refractivity contribution in [1.29, 1.82) is 0 Å². The van der Waals surface area contributed by atoms with Gasteiger partial charge in [0.2, 0.25) is 0 Å². The molecule has 0 saturated carbocycles. The van der Waals surface area contributed by atoms with E-state index < -0.39 is 0 Å². The van der Waals surface area contributed by atoms with Crippen molar-refractivity contribution in [3.63, 3.8) is 0 Å². The Morgan fingerprint density at radius 2 is 1.76 bits per heavy atom. The Morgan fingerprint density at radius 3 is 2.43 bits per heavy atom. The van der Waals surface area contributed by atoms with E-state index in [-0.39, 0.29) is 11.8 Å². The number of fused-ring (bicyclic) bond motifs is 1. The molecule has 4 nitrogen and oxygen atoms in total. The monoisotopic (exact) mass is 281 g/mol. The van der Waals surface area contributed by atoms with Crippen molar-refractivity contribution < 1.29 is 14.3 Å². The lowest BCUT2D eigenvalue weighted by Crippen LogP contribution is -2.20. The molecule has 2 amide bonds. The zero-order valence-corrected chi connectivity index (χ0v) is 11.9. The highest BCUT2D eigenvalue weighted by molar-refractivity contribution is 6.22. The second kappa shape index (κ2) is 5.05. The first-order valence-electron chi connectivity index (χ1n) is 6.70. The molecule has 106 valence electrons. The molecule has 2 aromatic carbocycles. The van der Waals surface area contributed by atoms with Crippen LogP contribution in [0.15, 0.2) is 36.4 Å². The Morgan fingerprint density at radius 1 is 1.05 bits per heavy atom. The van der Waals surface area contributed by atoms with Gasteiger partial charge in [0.05, 0.1) is 18.2 Å². The first-order valence-corrected chi connectivity index (χ1v) is 6.70. The standard InChI is InChI=1S/C17H15NO3/c1-10-7-12(9-11-3-5-13(21-2)6-4-11)15-14(8-10)16(19)18-17(15)20/h3-8H,9H2,1-2H3,(H,18,19,20). The number of benzene rings is 2. The van der Waals surface area contributed by atoms with Crippen molar-refractivity contribution in [1.82, 2.24) is 5.32 Å². The molecule has 2 aromatic rings. The smallest absolute Gasteiger partial charge is 0.259 e. The van der Waals surface area contributed by atoms with Gasteiger partial charge in [-0.3, -0.25) is 14.9 Å². The van der Waals surface area contributed by atoms with Gasteiger partial charge in [0.1, 0.15) is 5.75 Å². The molecule has 1 N–H and O–H groups in total. The van der Waals surface area contributed by atoms with E-state index in [1.807, 2.05) is 37.3 Å². The number of carbonyl (C=O) groups is 2. The highest BCUT2D eigenvalue weighted by Gasteiger charge is 2.29. The van der Waals surface area contributed by atoms with Gasteiger partial charge in [0, 0.05) is 0 Å². The average molecular weight is 281 g/mol. The molecule has 1 aliphatic heterocycles. The molecular formula is C17H15NO3. The number of imide groups is 1. The molecular weight excluding hydrogens is 266 g/mol. The van der Waals surface area contributed by atoms with Crippen LogP contribution in [0.25, 0.3) is 0 Å². The van der Waals surface area contributed by atoms with Gasteiger partial charge in [0.25, 0.3) is 11.8 Å². The zero-order chi connectivity index (χ0) is 15.0. The highest BCUT2D eigenvalue weighted by atomic mass is 16.5. The van der Waals surface area contributed by atoms with Crippen LogP contribution in [0.4, 0.5) is 0 Å². The topological polar surface area (TPSA) is 55.4 Å². The Labute approximate surface area is 122 Å². The summed E-state index contributed by atoms with van der Waals surface area (Å²) in [5, 5.41) is 2.36. The van der Waals surface area contributed by atoms with E-state index in [1.54, 1.807) is 13.2 Å². The fraction of sp³-hybridized carbons (Fsp3) is 0.176. The number of hydrogen-bond acceptors (Lipinski definition) is 3. The third-order valence-corrected chi connectivity index (χ3v) is 3.62. The summed E-state index contributed by atoms with van der Waals surface area (Å²) < 4.78 is 5.13. The summed E-state index contributed by atoms with van der Waals surface area (Å²) in [6.45, 7) is 1.92. The largest absolute Gasteiger partial charge is 0.497 e. The number of aryl methyl sites for hydroxylation is 1. The van der Waals surface area contributed by atoms with E-state index >= 15 is 0 Å². The minimum atomic E-state index is -0.310. The van der Waals surface area contributed by atoms with Crippen molar-refractivity contribution in [2.24, 2.45) is 0 Å². The van der Waals surface area contributed by atoms with Gasteiger partial charge in [-0.15, -0.1) is 0 Å². The Bertz CT molecular complexity index is 732. The molecule has 1 heterocycles. The normalized spacial score (nSPS) is 13.0. The third-order valence-electron chi connectivity index (χ3n) is 3.62. The van der Waals surface area contributed by atoms with Gasteiger partial charge >= 0.3 is 0 Å². The number of methoxy groups -OCH3 is 1. The molecule has 0 unspecified atom stereocenters. The van der Waals surface area contributed by atoms with Crippen LogP contribution in [-0.4, -0.2) is 18.9 Å². The number of hydrogen-bond donors (Lipinski definition) is 1. The van der Waals surface area contributed by atoms with Crippen molar-refractivity contribution in [3.8, 4) is 5.75 Å². The van der Waals surface area contributed by atoms with Crippen molar-refractivity contribution in [3.05, 3.63) is 64.2 Å². The molecule has 0 spiro atoms. The number of amides is 2. The van der Waals surface area contributed by atoms with Crippen LogP contribution >= 0.6 is 0 Å². The maximum absolute atomic E-state index is 11.9. The molecule has 0 fully saturated rings. The van der Waals surface area contributed by atoms with E-state index in [9.17, 15) is 9.59 Å². The van der Waals surface area contributed by atoms with E-state index in [0.29, 0.717) is 17.5 Å². The minimum absolute atomic E-state index is 0.307. The molecule has 3 rings (SSSR count). The maximum Gasteiger partial charge on any atom is 0.259 e. The van der Waals surface area contributed by atoms with E-state index in [4.69, 9.17) is 4.74 Å². The minimum Gasteiger partial charge on any atom is -0.497 e. The summed E-state index contributed by atoms with van der Waals surface area (Å²) in [7, 11) is 1.62. The van der Waals surface area contributed by atoms with Crippen molar-refractivity contribution in [2.45, 2.75) is 13.3 Å². The van der Waals surface area contributed by atoms with Crippen LogP contribution in [-0.2, 0) is 6.42 Å². The summed E-state index contributed by atoms with van der Waals surface area (Å²) in [4.78, 5) is 23.7.